The number of nitrogens with two attached hydrogens (primary N) is 1. The minimum absolute atomic E-state index is 0.0804. The maximum atomic E-state index is 11.8. The van der Waals surface area contributed by atoms with Gasteiger partial charge in [0.05, 0.1) is 11.4 Å². The van der Waals surface area contributed by atoms with Crippen LogP contribution >= 0.6 is 23.6 Å². The predicted molar refractivity (Wildman–Crippen MR) is 74.1 cm³/mol. The average molecular weight is 307 g/mol. The molecule has 1 rings (SSSR count). The normalized spacial score (nSPS) is 11.2. The Hall–Kier alpha value is -1.03. The minimum Gasteiger partial charge on any atom is -0.389 e. The molecular formula is C9H13N3O3S3. The van der Waals surface area contributed by atoms with E-state index in [1.54, 1.807) is 14.1 Å². The van der Waals surface area contributed by atoms with E-state index < -0.39 is 10.0 Å². The highest BCUT2D eigenvalue weighted by Crippen LogP contribution is 2.21. The highest BCUT2D eigenvalue weighted by molar-refractivity contribution is 7.91. The molecule has 0 aromatic carbocycles. The third kappa shape index (κ3) is 3.73. The molecule has 0 bridgehead atoms. The molecule has 1 heterocycles. The molecule has 6 nitrogen and oxygen atoms in total. The van der Waals surface area contributed by atoms with Gasteiger partial charge in [-0.3, -0.25) is 4.79 Å². The van der Waals surface area contributed by atoms with Crippen LogP contribution in [0.4, 0.5) is 0 Å². The van der Waals surface area contributed by atoms with Crippen LogP contribution < -0.4 is 10.5 Å². The number of hydrogen-bond acceptors (Lipinski definition) is 5. The molecule has 0 spiro atoms. The van der Waals surface area contributed by atoms with Gasteiger partial charge in [0, 0.05) is 14.1 Å². The molecule has 0 aliphatic heterocycles. The van der Waals surface area contributed by atoms with E-state index in [1.165, 1.54) is 17.0 Å². The molecule has 1 amide bonds. The Morgan fingerprint density at radius 3 is 2.56 bits per heavy atom. The first kappa shape index (κ1) is 15.0. The first-order valence-corrected chi connectivity index (χ1v) is 7.54. The monoisotopic (exact) mass is 307 g/mol. The zero-order valence-corrected chi connectivity index (χ0v) is 12.3. The van der Waals surface area contributed by atoms with Crippen LogP contribution in [0.1, 0.15) is 4.88 Å². The lowest BCUT2D eigenvalue weighted by Crippen LogP contribution is -2.35. The summed E-state index contributed by atoms with van der Waals surface area (Å²) in [5.74, 6) is -0.329. The minimum atomic E-state index is -3.70. The lowest BCUT2D eigenvalue weighted by molar-refractivity contribution is -0.127. The van der Waals surface area contributed by atoms with Gasteiger partial charge >= 0.3 is 0 Å². The summed E-state index contributed by atoms with van der Waals surface area (Å²) in [6, 6.07) is 2.94. The smallest absolute Gasteiger partial charge is 0.250 e. The molecule has 0 radical (unpaired) electrons. The predicted octanol–water partition coefficient (Wildman–Crippen LogP) is -0.251. The van der Waals surface area contributed by atoms with E-state index in [-0.39, 0.29) is 21.6 Å². The van der Waals surface area contributed by atoms with Gasteiger partial charge in [0.25, 0.3) is 10.0 Å². The molecular weight excluding hydrogens is 294 g/mol. The number of carbonyl (C=O) groups excluding carboxylic acids is 1. The van der Waals surface area contributed by atoms with Gasteiger partial charge in [-0.2, -0.15) is 0 Å². The van der Waals surface area contributed by atoms with E-state index in [0.717, 1.165) is 11.3 Å². The molecule has 100 valence electrons. The number of rotatable bonds is 5. The zero-order chi connectivity index (χ0) is 13.9. The lowest BCUT2D eigenvalue weighted by Gasteiger charge is -2.10. The van der Waals surface area contributed by atoms with Crippen molar-refractivity contribution in [3.05, 3.63) is 17.0 Å². The van der Waals surface area contributed by atoms with Gasteiger partial charge in [0.15, 0.2) is 0 Å². The number of likely N-dealkylation sites (N-methyl/N-ethyl adjacent to an activating group) is 1. The molecule has 0 aliphatic carbocycles. The van der Waals surface area contributed by atoms with E-state index in [1.807, 2.05) is 0 Å². The number of amides is 1. The largest absolute Gasteiger partial charge is 0.389 e. The van der Waals surface area contributed by atoms with Gasteiger partial charge in [-0.1, -0.05) is 12.2 Å². The molecule has 0 saturated heterocycles. The van der Waals surface area contributed by atoms with Crippen molar-refractivity contribution in [1.29, 1.82) is 0 Å². The maximum Gasteiger partial charge on any atom is 0.250 e. The molecule has 0 aliphatic rings. The summed E-state index contributed by atoms with van der Waals surface area (Å²) in [4.78, 5) is 13.3. The van der Waals surface area contributed by atoms with Crippen LogP contribution in [0.25, 0.3) is 0 Å². The molecule has 0 fully saturated rings. The second-order valence-electron chi connectivity index (χ2n) is 3.60. The number of thiocarbonyl (C=S) groups is 1. The molecule has 3 N–H and O–H groups in total. The first-order valence-electron chi connectivity index (χ1n) is 4.83. The van der Waals surface area contributed by atoms with E-state index in [2.05, 4.69) is 4.72 Å². The highest BCUT2D eigenvalue weighted by atomic mass is 32.2. The van der Waals surface area contributed by atoms with Crippen molar-refractivity contribution in [1.82, 2.24) is 9.62 Å². The van der Waals surface area contributed by atoms with E-state index in [0.29, 0.717) is 4.88 Å². The van der Waals surface area contributed by atoms with Crippen LogP contribution in [-0.2, 0) is 14.8 Å². The Bertz CT molecular complexity index is 563. The van der Waals surface area contributed by atoms with Gasteiger partial charge in [-0.05, 0) is 12.1 Å². The fourth-order valence-electron chi connectivity index (χ4n) is 0.983. The number of nitrogens with zero attached hydrogens (tertiary/aromatic N) is 1. The second-order valence-corrected chi connectivity index (χ2v) is 7.11. The third-order valence-corrected chi connectivity index (χ3v) is 5.36. The number of hydrogen-bond donors (Lipinski definition) is 2. The molecule has 0 unspecified atom stereocenters. The summed E-state index contributed by atoms with van der Waals surface area (Å²) in [7, 11) is -0.599. The molecule has 18 heavy (non-hydrogen) atoms. The van der Waals surface area contributed by atoms with Crippen LogP contribution in [0.15, 0.2) is 16.3 Å². The van der Waals surface area contributed by atoms with Gasteiger partial charge in [-0.15, -0.1) is 11.3 Å². The number of nitrogens with one attached hydrogen (secondary N) is 1. The van der Waals surface area contributed by atoms with Crippen LogP contribution in [-0.4, -0.2) is 44.9 Å². The van der Waals surface area contributed by atoms with Crippen molar-refractivity contribution in [2.45, 2.75) is 4.21 Å². The van der Waals surface area contributed by atoms with E-state index in [4.69, 9.17) is 18.0 Å². The Morgan fingerprint density at radius 1 is 1.50 bits per heavy atom. The van der Waals surface area contributed by atoms with E-state index in [9.17, 15) is 13.2 Å². The Morgan fingerprint density at radius 2 is 2.11 bits per heavy atom. The van der Waals surface area contributed by atoms with Crippen LogP contribution in [0.3, 0.4) is 0 Å². The molecule has 1 aromatic heterocycles. The van der Waals surface area contributed by atoms with Crippen molar-refractivity contribution in [3.8, 4) is 0 Å². The summed E-state index contributed by atoms with van der Waals surface area (Å²) >= 11 is 5.72. The summed E-state index contributed by atoms with van der Waals surface area (Å²) < 4.78 is 26.0. The maximum absolute atomic E-state index is 11.8. The summed E-state index contributed by atoms with van der Waals surface area (Å²) in [5, 5.41) is 0. The molecule has 0 saturated carbocycles. The fraction of sp³-hybridized carbons (Fsp3) is 0.333. The average Bonchev–Trinajstić information content (AvgIpc) is 2.75. The first-order chi connectivity index (χ1) is 8.24. The van der Waals surface area contributed by atoms with Crippen molar-refractivity contribution < 1.29 is 13.2 Å². The van der Waals surface area contributed by atoms with Crippen molar-refractivity contribution in [2.75, 3.05) is 20.6 Å². The quantitative estimate of drug-likeness (QED) is 0.732. The summed E-state index contributed by atoms with van der Waals surface area (Å²) in [5.41, 5.74) is 5.40. The number of thiophene rings is 1. The van der Waals surface area contributed by atoms with Gasteiger partial charge in [0.1, 0.15) is 9.20 Å². The van der Waals surface area contributed by atoms with Crippen molar-refractivity contribution >= 4 is 44.5 Å². The summed E-state index contributed by atoms with van der Waals surface area (Å²) in [6.07, 6.45) is 0. The Kier molecular flexibility index (Phi) is 4.79. The Labute approximate surface area is 115 Å². The highest BCUT2D eigenvalue weighted by Gasteiger charge is 2.18. The topological polar surface area (TPSA) is 92.5 Å². The number of sulfonamides is 1. The third-order valence-electron chi connectivity index (χ3n) is 2.00. The summed E-state index contributed by atoms with van der Waals surface area (Å²) in [6.45, 7) is -0.282. The second kappa shape index (κ2) is 5.74. The van der Waals surface area contributed by atoms with Crippen LogP contribution in [0.2, 0.25) is 0 Å². The van der Waals surface area contributed by atoms with Crippen LogP contribution in [0, 0.1) is 0 Å². The molecule has 9 heteroatoms. The van der Waals surface area contributed by atoms with Crippen molar-refractivity contribution in [3.63, 3.8) is 0 Å². The SMILES string of the molecule is CN(C)C(=O)CNS(=O)(=O)c1ccc(C(N)=S)s1. The lowest BCUT2D eigenvalue weighted by atomic mass is 10.5. The van der Waals surface area contributed by atoms with Gasteiger partial charge < -0.3 is 10.6 Å². The van der Waals surface area contributed by atoms with E-state index >= 15 is 0 Å². The molecule has 0 atom stereocenters. The van der Waals surface area contributed by atoms with Gasteiger partial charge in [-0.25, -0.2) is 13.1 Å². The van der Waals surface area contributed by atoms with Gasteiger partial charge in [0.2, 0.25) is 5.91 Å². The number of carbonyl (C=O) groups is 1. The van der Waals surface area contributed by atoms with Crippen LogP contribution in [0.5, 0.6) is 0 Å². The Balaban J connectivity index is 2.80. The fourth-order valence-corrected chi connectivity index (χ4v) is 3.35. The van der Waals surface area contributed by atoms with Crippen molar-refractivity contribution in [2.24, 2.45) is 5.73 Å². The standard InChI is InChI=1S/C9H13N3O3S3/c1-12(2)7(13)5-11-18(14,15)8-4-3-6(17-8)9(10)16/h3-4,11H,5H2,1-2H3,(H2,10,16). The molecule has 1 aromatic rings. The zero-order valence-electron chi connectivity index (χ0n) is 9.84.